The molecule has 0 aliphatic rings. The van der Waals surface area contributed by atoms with E-state index >= 15 is 0 Å². The van der Waals surface area contributed by atoms with Crippen LogP contribution < -0.4 is 15.4 Å². The van der Waals surface area contributed by atoms with E-state index in [1.54, 1.807) is 13.8 Å². The molecule has 0 spiro atoms. The Balaban J connectivity index is 2.67. The molecule has 0 bridgehead atoms. The first kappa shape index (κ1) is 17.6. The third-order valence-corrected chi connectivity index (χ3v) is 4.33. The molecule has 0 saturated carbocycles. The van der Waals surface area contributed by atoms with Crippen LogP contribution in [0.5, 0.6) is 0 Å². The number of hydrogen-bond acceptors (Lipinski definition) is 4. The van der Waals surface area contributed by atoms with Crippen molar-refractivity contribution in [1.29, 1.82) is 0 Å². The number of benzene rings is 1. The SMILES string of the molecule is CCNCCNC(=O)c1ccc(S(=O)(=O)NC(C)C)cc1. The highest BCUT2D eigenvalue weighted by Crippen LogP contribution is 2.11. The van der Waals surface area contributed by atoms with Crippen LogP contribution >= 0.6 is 0 Å². The van der Waals surface area contributed by atoms with Crippen molar-refractivity contribution in [1.82, 2.24) is 15.4 Å². The molecule has 118 valence electrons. The standard InChI is InChI=1S/C14H23N3O3S/c1-4-15-9-10-16-14(18)12-5-7-13(8-6-12)21(19,20)17-11(2)3/h5-8,11,15,17H,4,9-10H2,1-3H3,(H,16,18). The lowest BCUT2D eigenvalue weighted by molar-refractivity contribution is 0.0954. The molecule has 1 aromatic carbocycles. The van der Waals surface area contributed by atoms with Gasteiger partial charge in [0.1, 0.15) is 0 Å². The van der Waals surface area contributed by atoms with E-state index in [1.807, 2.05) is 6.92 Å². The predicted molar refractivity (Wildman–Crippen MR) is 82.8 cm³/mol. The van der Waals surface area contributed by atoms with Gasteiger partial charge < -0.3 is 10.6 Å². The second kappa shape index (κ2) is 8.11. The quantitative estimate of drug-likeness (QED) is 0.617. The van der Waals surface area contributed by atoms with Crippen molar-refractivity contribution in [3.63, 3.8) is 0 Å². The largest absolute Gasteiger partial charge is 0.351 e. The van der Waals surface area contributed by atoms with Gasteiger partial charge in [-0.25, -0.2) is 13.1 Å². The Labute approximate surface area is 126 Å². The van der Waals surface area contributed by atoms with Crippen molar-refractivity contribution in [2.24, 2.45) is 0 Å². The molecule has 21 heavy (non-hydrogen) atoms. The molecule has 0 unspecified atom stereocenters. The molecule has 0 fully saturated rings. The van der Waals surface area contributed by atoms with Gasteiger partial charge in [0.05, 0.1) is 4.90 Å². The third kappa shape index (κ3) is 5.82. The zero-order chi connectivity index (χ0) is 15.9. The van der Waals surface area contributed by atoms with E-state index in [2.05, 4.69) is 15.4 Å². The molecule has 0 aliphatic carbocycles. The Kier molecular flexibility index (Phi) is 6.80. The van der Waals surface area contributed by atoms with Crippen LogP contribution in [0.25, 0.3) is 0 Å². The molecule has 0 aromatic heterocycles. The molecule has 0 aliphatic heterocycles. The van der Waals surface area contributed by atoms with Gasteiger partial charge in [0.15, 0.2) is 0 Å². The number of amides is 1. The van der Waals surface area contributed by atoms with Crippen LogP contribution in [0.15, 0.2) is 29.2 Å². The van der Waals surface area contributed by atoms with E-state index in [4.69, 9.17) is 0 Å². The van der Waals surface area contributed by atoms with Gasteiger partial charge in [0.25, 0.3) is 5.91 Å². The van der Waals surface area contributed by atoms with Gasteiger partial charge in [-0.05, 0) is 44.7 Å². The van der Waals surface area contributed by atoms with Crippen molar-refractivity contribution in [2.75, 3.05) is 19.6 Å². The van der Waals surface area contributed by atoms with E-state index in [-0.39, 0.29) is 16.8 Å². The topological polar surface area (TPSA) is 87.3 Å². The van der Waals surface area contributed by atoms with Gasteiger partial charge in [0.2, 0.25) is 10.0 Å². The summed E-state index contributed by atoms with van der Waals surface area (Å²) in [5.41, 5.74) is 0.440. The number of hydrogen-bond donors (Lipinski definition) is 3. The van der Waals surface area contributed by atoms with E-state index in [1.165, 1.54) is 24.3 Å². The van der Waals surface area contributed by atoms with Gasteiger partial charge >= 0.3 is 0 Å². The van der Waals surface area contributed by atoms with Gasteiger partial charge in [-0.3, -0.25) is 4.79 Å². The molecular formula is C14H23N3O3S. The van der Waals surface area contributed by atoms with Crippen LogP contribution in [0.2, 0.25) is 0 Å². The fraction of sp³-hybridized carbons (Fsp3) is 0.500. The number of nitrogens with one attached hydrogen (secondary N) is 3. The highest BCUT2D eigenvalue weighted by molar-refractivity contribution is 7.89. The predicted octanol–water partition coefficient (Wildman–Crippen LogP) is 0.713. The number of likely N-dealkylation sites (N-methyl/N-ethyl adjacent to an activating group) is 1. The normalized spacial score (nSPS) is 11.6. The summed E-state index contributed by atoms with van der Waals surface area (Å²) in [7, 11) is -3.52. The molecular weight excluding hydrogens is 290 g/mol. The Bertz CT molecular complexity index is 553. The molecule has 1 aromatic rings. The molecule has 0 saturated heterocycles. The second-order valence-electron chi connectivity index (χ2n) is 4.91. The van der Waals surface area contributed by atoms with Gasteiger partial charge in [-0.1, -0.05) is 6.92 Å². The molecule has 0 atom stereocenters. The minimum absolute atomic E-state index is 0.153. The Morgan fingerprint density at radius 2 is 1.76 bits per heavy atom. The van der Waals surface area contributed by atoms with E-state index < -0.39 is 10.0 Å². The fourth-order valence-electron chi connectivity index (χ4n) is 1.71. The van der Waals surface area contributed by atoms with Crippen LogP contribution in [0.1, 0.15) is 31.1 Å². The van der Waals surface area contributed by atoms with Crippen molar-refractivity contribution in [3.8, 4) is 0 Å². The zero-order valence-electron chi connectivity index (χ0n) is 12.6. The molecule has 0 radical (unpaired) electrons. The summed E-state index contributed by atoms with van der Waals surface area (Å²) >= 11 is 0. The molecule has 0 heterocycles. The highest BCUT2D eigenvalue weighted by atomic mass is 32.2. The summed E-state index contributed by atoms with van der Waals surface area (Å²) in [4.78, 5) is 12.0. The van der Waals surface area contributed by atoms with Crippen LogP contribution in [-0.4, -0.2) is 40.0 Å². The van der Waals surface area contributed by atoms with Gasteiger partial charge in [0, 0.05) is 24.7 Å². The van der Waals surface area contributed by atoms with Crippen molar-refractivity contribution in [2.45, 2.75) is 31.7 Å². The minimum Gasteiger partial charge on any atom is -0.351 e. The summed E-state index contributed by atoms with van der Waals surface area (Å²) in [5.74, 6) is -0.214. The summed E-state index contributed by atoms with van der Waals surface area (Å²) in [5, 5.41) is 5.86. The number of carbonyl (C=O) groups excluding carboxylic acids is 1. The monoisotopic (exact) mass is 313 g/mol. The van der Waals surface area contributed by atoms with Crippen LogP contribution in [-0.2, 0) is 10.0 Å². The number of rotatable bonds is 8. The zero-order valence-corrected chi connectivity index (χ0v) is 13.5. The molecule has 3 N–H and O–H groups in total. The summed E-state index contributed by atoms with van der Waals surface area (Å²) < 4.78 is 26.4. The molecule has 1 rings (SSSR count). The maximum absolute atomic E-state index is 11.9. The third-order valence-electron chi connectivity index (χ3n) is 2.65. The average Bonchev–Trinajstić information content (AvgIpc) is 2.42. The van der Waals surface area contributed by atoms with Crippen molar-refractivity contribution >= 4 is 15.9 Å². The Morgan fingerprint density at radius 3 is 2.29 bits per heavy atom. The molecule has 6 nitrogen and oxygen atoms in total. The lowest BCUT2D eigenvalue weighted by atomic mass is 10.2. The van der Waals surface area contributed by atoms with E-state index in [9.17, 15) is 13.2 Å². The summed E-state index contributed by atoms with van der Waals surface area (Å²) in [6, 6.07) is 5.71. The van der Waals surface area contributed by atoms with Crippen molar-refractivity contribution in [3.05, 3.63) is 29.8 Å². The first-order valence-electron chi connectivity index (χ1n) is 6.98. The highest BCUT2D eigenvalue weighted by Gasteiger charge is 2.15. The maximum Gasteiger partial charge on any atom is 0.251 e. The Morgan fingerprint density at radius 1 is 1.14 bits per heavy atom. The van der Waals surface area contributed by atoms with E-state index in [0.717, 1.165) is 6.54 Å². The van der Waals surface area contributed by atoms with E-state index in [0.29, 0.717) is 18.7 Å². The summed E-state index contributed by atoms with van der Waals surface area (Å²) in [6.45, 7) is 7.58. The van der Waals surface area contributed by atoms with Gasteiger partial charge in [-0.2, -0.15) is 0 Å². The number of sulfonamides is 1. The van der Waals surface area contributed by atoms with Crippen LogP contribution in [0.4, 0.5) is 0 Å². The smallest absolute Gasteiger partial charge is 0.251 e. The van der Waals surface area contributed by atoms with Crippen LogP contribution in [0.3, 0.4) is 0 Å². The minimum atomic E-state index is -3.52. The second-order valence-corrected chi connectivity index (χ2v) is 6.62. The van der Waals surface area contributed by atoms with Gasteiger partial charge in [-0.15, -0.1) is 0 Å². The summed E-state index contributed by atoms with van der Waals surface area (Å²) in [6.07, 6.45) is 0. The number of carbonyl (C=O) groups is 1. The molecule has 7 heteroatoms. The fourth-order valence-corrected chi connectivity index (χ4v) is 2.96. The first-order chi connectivity index (χ1) is 9.86. The lowest BCUT2D eigenvalue weighted by Crippen LogP contribution is -2.32. The lowest BCUT2D eigenvalue weighted by Gasteiger charge is -2.10. The maximum atomic E-state index is 11.9. The molecule has 1 amide bonds. The average molecular weight is 313 g/mol. The van der Waals surface area contributed by atoms with Crippen molar-refractivity contribution < 1.29 is 13.2 Å². The first-order valence-corrected chi connectivity index (χ1v) is 8.46. The van der Waals surface area contributed by atoms with Crippen LogP contribution in [0, 0.1) is 0 Å². The Hall–Kier alpha value is -1.44.